The Bertz CT molecular complexity index is 589. The van der Waals surface area contributed by atoms with Crippen molar-refractivity contribution in [2.75, 3.05) is 25.5 Å². The summed E-state index contributed by atoms with van der Waals surface area (Å²) in [7, 11) is 1.57. The van der Waals surface area contributed by atoms with Crippen molar-refractivity contribution in [3.05, 3.63) is 24.3 Å². The maximum atomic E-state index is 12.7. The molecule has 0 radical (unpaired) electrons. The van der Waals surface area contributed by atoms with Crippen LogP contribution < -0.4 is 15.8 Å². The Morgan fingerprint density at radius 1 is 1.28 bits per heavy atom. The van der Waals surface area contributed by atoms with Gasteiger partial charge in [0.1, 0.15) is 5.75 Å². The smallest absolute Gasteiger partial charge is 0.243 e. The molecule has 0 spiro atoms. The number of ether oxygens (including phenoxy) is 1. The van der Waals surface area contributed by atoms with Crippen LogP contribution in [0.3, 0.4) is 0 Å². The van der Waals surface area contributed by atoms with Crippen LogP contribution in [0.2, 0.25) is 0 Å². The van der Waals surface area contributed by atoms with Crippen molar-refractivity contribution >= 4 is 29.9 Å². The summed E-state index contributed by atoms with van der Waals surface area (Å²) >= 11 is 0. The molecular weight excluding hydrogens is 342 g/mol. The third-order valence-corrected chi connectivity index (χ3v) is 4.53. The first-order valence-corrected chi connectivity index (χ1v) is 8.50. The van der Waals surface area contributed by atoms with Gasteiger partial charge in [-0.15, -0.1) is 12.4 Å². The molecule has 0 heterocycles. The highest BCUT2D eigenvalue weighted by atomic mass is 35.5. The topological polar surface area (TPSA) is 84.7 Å². The quantitative estimate of drug-likeness (QED) is 0.807. The van der Waals surface area contributed by atoms with E-state index in [4.69, 9.17) is 10.5 Å². The predicted octanol–water partition coefficient (Wildman–Crippen LogP) is 2.57. The van der Waals surface area contributed by atoms with E-state index in [1.54, 1.807) is 36.3 Å². The third kappa shape index (κ3) is 5.61. The molecular formula is C18H28ClN3O3. The summed E-state index contributed by atoms with van der Waals surface area (Å²) in [6, 6.07) is 7.12. The van der Waals surface area contributed by atoms with E-state index in [0.29, 0.717) is 30.8 Å². The second-order valence-corrected chi connectivity index (χ2v) is 6.32. The summed E-state index contributed by atoms with van der Waals surface area (Å²) in [5.74, 6) is 0.308. The van der Waals surface area contributed by atoms with Crippen LogP contribution >= 0.6 is 12.4 Å². The fraction of sp³-hybridized carbons (Fsp3) is 0.556. The number of nitrogens with one attached hydrogen (secondary N) is 1. The van der Waals surface area contributed by atoms with Crippen LogP contribution in [0.5, 0.6) is 5.75 Å². The average Bonchev–Trinajstić information content (AvgIpc) is 2.60. The lowest BCUT2D eigenvalue weighted by Gasteiger charge is -2.36. The molecule has 140 valence electrons. The number of halogens is 1. The van der Waals surface area contributed by atoms with Crippen LogP contribution in [0.1, 0.15) is 39.0 Å². The Kier molecular flexibility index (Phi) is 8.19. The third-order valence-electron chi connectivity index (χ3n) is 4.53. The van der Waals surface area contributed by atoms with Crippen LogP contribution in [-0.2, 0) is 9.59 Å². The molecule has 1 fully saturated rings. The molecule has 0 saturated heterocycles. The van der Waals surface area contributed by atoms with E-state index in [0.717, 1.165) is 19.3 Å². The Labute approximate surface area is 155 Å². The molecule has 2 rings (SSSR count). The van der Waals surface area contributed by atoms with Crippen molar-refractivity contribution in [1.29, 1.82) is 0 Å². The van der Waals surface area contributed by atoms with Crippen molar-refractivity contribution in [2.45, 2.75) is 44.6 Å². The molecule has 0 aromatic heterocycles. The Balaban J connectivity index is 0.00000312. The Morgan fingerprint density at radius 2 is 1.96 bits per heavy atom. The van der Waals surface area contributed by atoms with Gasteiger partial charge >= 0.3 is 0 Å². The SMILES string of the molecule is CCN(CC(=O)Nc1cccc(OC)c1)C(=O)C1(N)CCCCC1.Cl. The van der Waals surface area contributed by atoms with Crippen LogP contribution in [0.25, 0.3) is 0 Å². The van der Waals surface area contributed by atoms with Gasteiger partial charge in [0.2, 0.25) is 11.8 Å². The number of likely N-dealkylation sites (N-methyl/N-ethyl adjacent to an activating group) is 1. The summed E-state index contributed by atoms with van der Waals surface area (Å²) in [4.78, 5) is 26.6. The predicted molar refractivity (Wildman–Crippen MR) is 101 cm³/mol. The minimum atomic E-state index is -0.815. The molecule has 2 amide bonds. The minimum Gasteiger partial charge on any atom is -0.497 e. The zero-order valence-electron chi connectivity index (χ0n) is 14.9. The van der Waals surface area contributed by atoms with Gasteiger partial charge in [-0.3, -0.25) is 9.59 Å². The largest absolute Gasteiger partial charge is 0.497 e. The first-order chi connectivity index (χ1) is 11.5. The van der Waals surface area contributed by atoms with E-state index in [9.17, 15) is 9.59 Å². The normalized spacial score (nSPS) is 15.6. The maximum absolute atomic E-state index is 12.7. The highest BCUT2D eigenvalue weighted by molar-refractivity contribution is 5.96. The zero-order chi connectivity index (χ0) is 17.6. The molecule has 6 nitrogen and oxygen atoms in total. The van der Waals surface area contributed by atoms with Gasteiger partial charge in [-0.1, -0.05) is 25.3 Å². The molecule has 25 heavy (non-hydrogen) atoms. The van der Waals surface area contributed by atoms with Gasteiger partial charge < -0.3 is 20.7 Å². The lowest BCUT2D eigenvalue weighted by atomic mass is 9.81. The maximum Gasteiger partial charge on any atom is 0.243 e. The highest BCUT2D eigenvalue weighted by Gasteiger charge is 2.38. The molecule has 1 aromatic carbocycles. The van der Waals surface area contributed by atoms with Crippen molar-refractivity contribution in [2.24, 2.45) is 5.73 Å². The number of carbonyl (C=O) groups excluding carboxylic acids is 2. The number of benzene rings is 1. The number of anilines is 1. The Morgan fingerprint density at radius 3 is 2.56 bits per heavy atom. The van der Waals surface area contributed by atoms with Crippen LogP contribution in [-0.4, -0.2) is 42.5 Å². The second-order valence-electron chi connectivity index (χ2n) is 6.32. The first kappa shape index (κ1) is 21.3. The summed E-state index contributed by atoms with van der Waals surface area (Å²) < 4.78 is 5.14. The first-order valence-electron chi connectivity index (χ1n) is 8.50. The molecule has 0 bridgehead atoms. The molecule has 0 unspecified atom stereocenters. The summed E-state index contributed by atoms with van der Waals surface area (Å²) in [6.45, 7) is 2.33. The molecule has 1 aromatic rings. The molecule has 3 N–H and O–H groups in total. The van der Waals surface area contributed by atoms with Gasteiger partial charge in [0.05, 0.1) is 19.2 Å². The summed E-state index contributed by atoms with van der Waals surface area (Å²) in [5, 5.41) is 2.80. The molecule has 0 aliphatic heterocycles. The number of rotatable bonds is 6. The van der Waals surface area contributed by atoms with E-state index in [1.165, 1.54) is 0 Å². The monoisotopic (exact) mass is 369 g/mol. The fourth-order valence-corrected chi connectivity index (χ4v) is 3.11. The number of methoxy groups -OCH3 is 1. The fourth-order valence-electron chi connectivity index (χ4n) is 3.11. The van der Waals surface area contributed by atoms with Crippen LogP contribution in [0.4, 0.5) is 5.69 Å². The number of carbonyl (C=O) groups is 2. The summed E-state index contributed by atoms with van der Waals surface area (Å²) in [6.07, 6.45) is 4.44. The van der Waals surface area contributed by atoms with Gasteiger partial charge in [0.25, 0.3) is 0 Å². The Hall–Kier alpha value is -1.79. The summed E-state index contributed by atoms with van der Waals surface area (Å²) in [5.41, 5.74) is 6.13. The lowest BCUT2D eigenvalue weighted by Crippen LogP contribution is -2.57. The molecule has 1 aliphatic rings. The van der Waals surface area contributed by atoms with Gasteiger partial charge in [-0.2, -0.15) is 0 Å². The molecule has 0 atom stereocenters. The highest BCUT2D eigenvalue weighted by Crippen LogP contribution is 2.27. The number of nitrogens with zero attached hydrogens (tertiary/aromatic N) is 1. The zero-order valence-corrected chi connectivity index (χ0v) is 15.7. The standard InChI is InChI=1S/C18H27N3O3.ClH/c1-3-21(17(23)18(19)10-5-4-6-11-18)13-16(22)20-14-8-7-9-15(12-14)24-2;/h7-9,12H,3-6,10-11,13,19H2,1-2H3,(H,20,22);1H. The van der Waals surface area contributed by atoms with E-state index in [2.05, 4.69) is 5.32 Å². The number of hydrogen-bond donors (Lipinski definition) is 2. The van der Waals surface area contributed by atoms with Gasteiger partial charge in [-0.05, 0) is 31.9 Å². The molecule has 1 aliphatic carbocycles. The van der Waals surface area contributed by atoms with E-state index in [1.807, 2.05) is 6.92 Å². The van der Waals surface area contributed by atoms with Crippen molar-refractivity contribution in [1.82, 2.24) is 4.90 Å². The van der Waals surface area contributed by atoms with Gasteiger partial charge in [0.15, 0.2) is 0 Å². The van der Waals surface area contributed by atoms with E-state index < -0.39 is 5.54 Å². The van der Waals surface area contributed by atoms with Gasteiger partial charge in [0, 0.05) is 18.3 Å². The van der Waals surface area contributed by atoms with Crippen molar-refractivity contribution in [3.63, 3.8) is 0 Å². The van der Waals surface area contributed by atoms with Crippen LogP contribution in [0.15, 0.2) is 24.3 Å². The van der Waals surface area contributed by atoms with Gasteiger partial charge in [-0.25, -0.2) is 0 Å². The number of nitrogens with two attached hydrogens (primary N) is 1. The van der Waals surface area contributed by atoms with E-state index >= 15 is 0 Å². The lowest BCUT2D eigenvalue weighted by molar-refractivity contribution is -0.140. The second kappa shape index (κ2) is 9.63. The number of hydrogen-bond acceptors (Lipinski definition) is 4. The molecule has 7 heteroatoms. The molecule has 1 saturated carbocycles. The minimum absolute atomic E-state index is 0. The van der Waals surface area contributed by atoms with Crippen molar-refractivity contribution in [3.8, 4) is 5.75 Å². The average molecular weight is 370 g/mol. The van der Waals surface area contributed by atoms with E-state index in [-0.39, 0.29) is 30.8 Å². The van der Waals surface area contributed by atoms with Crippen molar-refractivity contribution < 1.29 is 14.3 Å². The number of amides is 2. The van der Waals surface area contributed by atoms with Crippen LogP contribution in [0, 0.1) is 0 Å².